The fraction of sp³-hybridized carbons (Fsp3) is 0.0476. The highest BCUT2D eigenvalue weighted by Crippen LogP contribution is 2.20. The monoisotopic (exact) mass is 501 g/mol. The van der Waals surface area contributed by atoms with Gasteiger partial charge in [-0.25, -0.2) is 18.1 Å². The number of carbonyl (C=O) groups excluding carboxylic acids is 1. The van der Waals surface area contributed by atoms with Gasteiger partial charge in [0, 0.05) is 33.9 Å². The molecular formula is C21H16ClN5O4S2. The van der Waals surface area contributed by atoms with Crippen LogP contribution in [-0.4, -0.2) is 29.1 Å². The number of rotatable bonds is 7. The van der Waals surface area contributed by atoms with Crippen molar-refractivity contribution in [2.24, 2.45) is 0 Å². The summed E-state index contributed by atoms with van der Waals surface area (Å²) >= 11 is 7.06. The molecule has 4 aromatic rings. The quantitative estimate of drug-likeness (QED) is 0.400. The van der Waals surface area contributed by atoms with Crippen molar-refractivity contribution in [3.63, 3.8) is 0 Å². The number of hydrogen-bond acceptors (Lipinski definition) is 7. The molecule has 0 fully saturated rings. The van der Waals surface area contributed by atoms with Crippen LogP contribution in [0.4, 0.5) is 10.8 Å². The van der Waals surface area contributed by atoms with Gasteiger partial charge in [0.1, 0.15) is 6.54 Å². The summed E-state index contributed by atoms with van der Waals surface area (Å²) < 4.78 is 28.2. The minimum absolute atomic E-state index is 0.0178. The number of thiazole rings is 1. The lowest BCUT2D eigenvalue weighted by Crippen LogP contribution is -2.29. The molecule has 4 rings (SSSR count). The topological polar surface area (TPSA) is 123 Å². The van der Waals surface area contributed by atoms with Gasteiger partial charge in [-0.1, -0.05) is 23.7 Å². The molecule has 2 aromatic carbocycles. The molecule has 12 heteroatoms. The SMILES string of the molecule is O=C(Cn1nc(-c2ccc(Cl)cc2)ccc1=O)Nc1ccc(S(=O)(=O)Nc2nccs2)cc1. The average molecular weight is 502 g/mol. The van der Waals surface area contributed by atoms with Crippen LogP contribution in [0.3, 0.4) is 0 Å². The van der Waals surface area contributed by atoms with E-state index in [9.17, 15) is 18.0 Å². The second-order valence-electron chi connectivity index (χ2n) is 6.74. The zero-order valence-electron chi connectivity index (χ0n) is 16.8. The first-order valence-electron chi connectivity index (χ1n) is 9.46. The summed E-state index contributed by atoms with van der Waals surface area (Å²) in [6, 6.07) is 15.5. The largest absolute Gasteiger partial charge is 0.324 e. The van der Waals surface area contributed by atoms with Crippen molar-refractivity contribution in [2.75, 3.05) is 10.0 Å². The van der Waals surface area contributed by atoms with E-state index < -0.39 is 21.5 Å². The molecule has 33 heavy (non-hydrogen) atoms. The van der Waals surface area contributed by atoms with Gasteiger partial charge in [-0.05, 0) is 42.5 Å². The first-order valence-corrected chi connectivity index (χ1v) is 12.2. The van der Waals surface area contributed by atoms with Gasteiger partial charge in [-0.3, -0.25) is 14.3 Å². The van der Waals surface area contributed by atoms with E-state index in [1.165, 1.54) is 36.5 Å². The standard InChI is InChI=1S/C21H16ClN5O4S2/c22-15-3-1-14(2-4-15)18-9-10-20(29)27(25-18)13-19(28)24-16-5-7-17(8-6-16)33(30,31)26-21-23-11-12-32-21/h1-12H,13H2,(H,23,26)(H,24,28). The summed E-state index contributed by atoms with van der Waals surface area (Å²) in [7, 11) is -3.79. The molecule has 0 unspecified atom stereocenters. The third-order valence-corrected chi connectivity index (χ3v) is 6.83. The molecule has 9 nitrogen and oxygen atoms in total. The number of aromatic nitrogens is 3. The highest BCUT2D eigenvalue weighted by atomic mass is 35.5. The summed E-state index contributed by atoms with van der Waals surface area (Å²) in [6.07, 6.45) is 1.49. The molecule has 0 atom stereocenters. The maximum atomic E-state index is 12.5. The summed E-state index contributed by atoms with van der Waals surface area (Å²) in [6.45, 7) is -0.314. The fourth-order valence-corrected chi connectivity index (χ4v) is 4.75. The van der Waals surface area contributed by atoms with Gasteiger partial charge < -0.3 is 5.32 Å². The maximum Gasteiger partial charge on any atom is 0.267 e. The van der Waals surface area contributed by atoms with E-state index >= 15 is 0 Å². The van der Waals surface area contributed by atoms with Crippen molar-refractivity contribution in [2.45, 2.75) is 11.4 Å². The molecule has 1 amide bonds. The first kappa shape index (κ1) is 22.6. The predicted octanol–water partition coefficient (Wildman–Crippen LogP) is 3.46. The third kappa shape index (κ3) is 5.64. The van der Waals surface area contributed by atoms with Crippen molar-refractivity contribution < 1.29 is 13.2 Å². The summed E-state index contributed by atoms with van der Waals surface area (Å²) in [5.41, 5.74) is 1.20. The van der Waals surface area contributed by atoms with E-state index in [0.29, 0.717) is 16.4 Å². The van der Waals surface area contributed by atoms with E-state index in [4.69, 9.17) is 11.6 Å². The van der Waals surface area contributed by atoms with Crippen LogP contribution in [0.15, 0.2) is 81.9 Å². The van der Waals surface area contributed by atoms with Gasteiger partial charge in [0.15, 0.2) is 5.13 Å². The maximum absolute atomic E-state index is 12.5. The second-order valence-corrected chi connectivity index (χ2v) is 9.75. The van der Waals surface area contributed by atoms with E-state index in [0.717, 1.165) is 21.6 Å². The van der Waals surface area contributed by atoms with Gasteiger partial charge in [0.25, 0.3) is 15.6 Å². The molecule has 0 spiro atoms. The van der Waals surface area contributed by atoms with Crippen LogP contribution in [0.25, 0.3) is 11.3 Å². The zero-order valence-corrected chi connectivity index (χ0v) is 19.2. The number of sulfonamides is 1. The van der Waals surface area contributed by atoms with Crippen LogP contribution in [0.2, 0.25) is 5.02 Å². The Kier molecular flexibility index (Phi) is 6.54. The summed E-state index contributed by atoms with van der Waals surface area (Å²) in [5, 5.41) is 9.35. The summed E-state index contributed by atoms with van der Waals surface area (Å²) in [4.78, 5) is 28.5. The molecular weight excluding hydrogens is 486 g/mol. The number of hydrogen-bond donors (Lipinski definition) is 2. The number of anilines is 2. The van der Waals surface area contributed by atoms with Crippen molar-refractivity contribution >= 4 is 49.7 Å². The Morgan fingerprint density at radius 1 is 1.03 bits per heavy atom. The Hall–Kier alpha value is -3.54. The Labute approximate surface area is 197 Å². The van der Waals surface area contributed by atoms with E-state index in [-0.39, 0.29) is 16.6 Å². The molecule has 0 aliphatic heterocycles. The van der Waals surface area contributed by atoms with Gasteiger partial charge in [0.2, 0.25) is 5.91 Å². The molecule has 168 valence electrons. The van der Waals surface area contributed by atoms with Crippen molar-refractivity contribution in [3.8, 4) is 11.3 Å². The van der Waals surface area contributed by atoms with E-state index in [1.54, 1.807) is 35.7 Å². The van der Waals surface area contributed by atoms with Gasteiger partial charge >= 0.3 is 0 Å². The molecule has 2 aromatic heterocycles. The highest BCUT2D eigenvalue weighted by molar-refractivity contribution is 7.93. The van der Waals surface area contributed by atoms with Crippen LogP contribution in [0.1, 0.15) is 0 Å². The fourth-order valence-electron chi connectivity index (χ4n) is 2.84. The smallest absolute Gasteiger partial charge is 0.267 e. The Balaban J connectivity index is 1.44. The predicted molar refractivity (Wildman–Crippen MR) is 127 cm³/mol. The molecule has 2 N–H and O–H groups in total. The average Bonchev–Trinajstić information content (AvgIpc) is 3.28. The van der Waals surface area contributed by atoms with E-state index in [2.05, 4.69) is 20.1 Å². The minimum atomic E-state index is -3.79. The molecule has 0 radical (unpaired) electrons. The Morgan fingerprint density at radius 3 is 2.42 bits per heavy atom. The van der Waals surface area contributed by atoms with Crippen LogP contribution in [-0.2, 0) is 21.4 Å². The van der Waals surface area contributed by atoms with Gasteiger partial charge in [0.05, 0.1) is 10.6 Å². The number of benzene rings is 2. The van der Waals surface area contributed by atoms with Crippen LogP contribution < -0.4 is 15.6 Å². The lowest BCUT2D eigenvalue weighted by Gasteiger charge is -2.09. The van der Waals surface area contributed by atoms with Crippen molar-refractivity contribution in [3.05, 3.63) is 87.6 Å². The number of carbonyl (C=O) groups is 1. The third-order valence-electron chi connectivity index (χ3n) is 4.40. The molecule has 0 bridgehead atoms. The van der Waals surface area contributed by atoms with Gasteiger partial charge in [-0.2, -0.15) is 5.10 Å². The van der Waals surface area contributed by atoms with Crippen LogP contribution in [0.5, 0.6) is 0 Å². The zero-order chi connectivity index (χ0) is 23.4. The van der Waals surface area contributed by atoms with Crippen LogP contribution in [0, 0.1) is 0 Å². The second kappa shape index (κ2) is 9.53. The van der Waals surface area contributed by atoms with E-state index in [1.807, 2.05) is 0 Å². The van der Waals surface area contributed by atoms with Crippen molar-refractivity contribution in [1.29, 1.82) is 0 Å². The van der Waals surface area contributed by atoms with Gasteiger partial charge in [-0.15, -0.1) is 11.3 Å². The van der Waals surface area contributed by atoms with Crippen LogP contribution >= 0.6 is 22.9 Å². The summed E-state index contributed by atoms with van der Waals surface area (Å²) in [5.74, 6) is -0.491. The molecule has 0 saturated carbocycles. The molecule has 0 aliphatic rings. The lowest BCUT2D eigenvalue weighted by atomic mass is 10.1. The Morgan fingerprint density at radius 2 is 1.76 bits per heavy atom. The first-order chi connectivity index (χ1) is 15.8. The Bertz CT molecular complexity index is 1440. The highest BCUT2D eigenvalue weighted by Gasteiger charge is 2.16. The molecule has 0 aliphatic carbocycles. The normalized spacial score (nSPS) is 11.2. The minimum Gasteiger partial charge on any atom is -0.324 e. The number of nitrogens with one attached hydrogen (secondary N) is 2. The molecule has 2 heterocycles. The van der Waals surface area contributed by atoms with Crippen molar-refractivity contribution in [1.82, 2.24) is 14.8 Å². The number of halogens is 1. The number of nitrogens with zero attached hydrogens (tertiary/aromatic N) is 3. The lowest BCUT2D eigenvalue weighted by molar-refractivity contribution is -0.117. The molecule has 0 saturated heterocycles. The number of amides is 1.